The highest BCUT2D eigenvalue weighted by atomic mass is 32.1. The van der Waals surface area contributed by atoms with E-state index in [-0.39, 0.29) is 5.41 Å². The topological polar surface area (TPSA) is 41.5 Å². The molecule has 1 fully saturated rings. The number of nitrogens with one attached hydrogen (secondary N) is 1. The molecule has 1 saturated carbocycles. The van der Waals surface area contributed by atoms with Crippen LogP contribution in [0.15, 0.2) is 17.5 Å². The molecule has 20 heavy (non-hydrogen) atoms. The average molecular weight is 297 g/mol. The second kappa shape index (κ2) is 7.55. The lowest BCUT2D eigenvalue weighted by Gasteiger charge is -2.25. The lowest BCUT2D eigenvalue weighted by atomic mass is 9.91. The van der Waals surface area contributed by atoms with Crippen LogP contribution in [0.1, 0.15) is 44.4 Å². The van der Waals surface area contributed by atoms with Crippen molar-refractivity contribution in [2.75, 3.05) is 19.7 Å². The smallest absolute Gasteiger partial charge is 0.0897 e. The van der Waals surface area contributed by atoms with Crippen molar-refractivity contribution in [3.63, 3.8) is 0 Å². The molecule has 0 aromatic carbocycles. The van der Waals surface area contributed by atoms with Gasteiger partial charge in [-0.15, -0.1) is 11.3 Å². The average Bonchev–Trinajstić information content (AvgIpc) is 3.09. The van der Waals surface area contributed by atoms with E-state index >= 15 is 0 Å². The summed E-state index contributed by atoms with van der Waals surface area (Å²) in [5.74, 6) is 0. The van der Waals surface area contributed by atoms with Crippen LogP contribution in [0.25, 0.3) is 0 Å². The Morgan fingerprint density at radius 1 is 1.45 bits per heavy atom. The molecule has 1 heterocycles. The Morgan fingerprint density at radius 3 is 2.85 bits per heavy atom. The number of ether oxygens (including phenoxy) is 1. The summed E-state index contributed by atoms with van der Waals surface area (Å²) in [4.78, 5) is 1.38. The highest BCUT2D eigenvalue weighted by Crippen LogP contribution is 2.26. The predicted molar refractivity (Wildman–Crippen MR) is 84.4 cm³/mol. The summed E-state index contributed by atoms with van der Waals surface area (Å²) >= 11 is 1.79. The van der Waals surface area contributed by atoms with Crippen LogP contribution in [-0.4, -0.2) is 37.0 Å². The number of thiophene rings is 1. The first-order chi connectivity index (χ1) is 9.58. The van der Waals surface area contributed by atoms with Gasteiger partial charge in [-0.05, 0) is 24.3 Å². The van der Waals surface area contributed by atoms with E-state index < -0.39 is 6.10 Å². The van der Waals surface area contributed by atoms with Crippen molar-refractivity contribution in [2.24, 2.45) is 0 Å². The first kappa shape index (κ1) is 16.0. The van der Waals surface area contributed by atoms with Crippen LogP contribution in [0, 0.1) is 0 Å². The Kier molecular flexibility index (Phi) is 6.02. The molecule has 0 aliphatic heterocycles. The molecule has 1 aliphatic carbocycles. The van der Waals surface area contributed by atoms with Crippen LogP contribution in [0.2, 0.25) is 0 Å². The molecular weight excluding hydrogens is 270 g/mol. The Labute approximate surface area is 126 Å². The van der Waals surface area contributed by atoms with Crippen molar-refractivity contribution in [3.05, 3.63) is 22.4 Å². The normalized spacial score (nSPS) is 18.6. The van der Waals surface area contributed by atoms with Crippen LogP contribution in [0.5, 0.6) is 0 Å². The second-order valence-electron chi connectivity index (χ2n) is 6.39. The van der Waals surface area contributed by atoms with E-state index in [2.05, 4.69) is 36.7 Å². The molecule has 1 aromatic heterocycles. The van der Waals surface area contributed by atoms with Gasteiger partial charge in [0.2, 0.25) is 0 Å². The van der Waals surface area contributed by atoms with Crippen LogP contribution in [-0.2, 0) is 10.2 Å². The van der Waals surface area contributed by atoms with E-state index in [4.69, 9.17) is 4.74 Å². The minimum Gasteiger partial charge on any atom is -0.389 e. The Balaban J connectivity index is 1.62. The first-order valence-corrected chi connectivity index (χ1v) is 8.50. The summed E-state index contributed by atoms with van der Waals surface area (Å²) in [6.07, 6.45) is 4.83. The van der Waals surface area contributed by atoms with Crippen molar-refractivity contribution in [1.29, 1.82) is 0 Å². The predicted octanol–water partition coefficient (Wildman–Crippen LogP) is 2.94. The molecule has 114 valence electrons. The monoisotopic (exact) mass is 297 g/mol. The number of hydrogen-bond acceptors (Lipinski definition) is 4. The van der Waals surface area contributed by atoms with Gasteiger partial charge in [-0.1, -0.05) is 32.8 Å². The van der Waals surface area contributed by atoms with Gasteiger partial charge in [-0.2, -0.15) is 0 Å². The molecule has 0 radical (unpaired) electrons. The summed E-state index contributed by atoms with van der Waals surface area (Å²) in [5, 5.41) is 15.4. The second-order valence-corrected chi connectivity index (χ2v) is 7.33. The molecule has 2 rings (SSSR count). The van der Waals surface area contributed by atoms with Gasteiger partial charge in [0, 0.05) is 23.4 Å². The summed E-state index contributed by atoms with van der Waals surface area (Å²) in [7, 11) is 0. The van der Waals surface area contributed by atoms with E-state index in [0.29, 0.717) is 19.3 Å². The summed E-state index contributed by atoms with van der Waals surface area (Å²) in [6.45, 7) is 6.38. The van der Waals surface area contributed by atoms with Crippen LogP contribution >= 0.6 is 11.3 Å². The minimum atomic E-state index is -0.408. The minimum absolute atomic E-state index is 0.111. The molecule has 0 saturated heterocycles. The number of hydrogen-bond donors (Lipinski definition) is 2. The third-order valence-corrected chi connectivity index (χ3v) is 5.20. The van der Waals surface area contributed by atoms with Gasteiger partial charge >= 0.3 is 0 Å². The van der Waals surface area contributed by atoms with E-state index in [1.807, 2.05) is 0 Å². The summed E-state index contributed by atoms with van der Waals surface area (Å²) in [5.41, 5.74) is 0.111. The quantitative estimate of drug-likeness (QED) is 0.775. The van der Waals surface area contributed by atoms with E-state index in [0.717, 1.165) is 19.4 Å². The van der Waals surface area contributed by atoms with Crippen molar-refractivity contribution in [1.82, 2.24) is 5.32 Å². The van der Waals surface area contributed by atoms with Gasteiger partial charge in [0.05, 0.1) is 18.8 Å². The SMILES string of the molecule is CC(C)(CNCC(O)COC1CCCC1)c1cccs1. The molecular formula is C16H27NO2S. The molecule has 1 aliphatic rings. The molecule has 0 bridgehead atoms. The maximum absolute atomic E-state index is 9.95. The molecule has 0 spiro atoms. The zero-order chi connectivity index (χ0) is 14.4. The van der Waals surface area contributed by atoms with E-state index in [1.54, 1.807) is 11.3 Å². The third-order valence-electron chi connectivity index (χ3n) is 3.96. The fraction of sp³-hybridized carbons (Fsp3) is 0.750. The maximum atomic E-state index is 9.95. The lowest BCUT2D eigenvalue weighted by molar-refractivity contribution is -0.00565. The zero-order valence-corrected chi connectivity index (χ0v) is 13.4. The lowest BCUT2D eigenvalue weighted by Crippen LogP contribution is -2.38. The Hall–Kier alpha value is -0.420. The molecule has 1 aromatic rings. The third kappa shape index (κ3) is 4.85. The Morgan fingerprint density at radius 2 is 2.20 bits per heavy atom. The van der Waals surface area contributed by atoms with Crippen molar-refractivity contribution in [2.45, 2.75) is 57.2 Å². The molecule has 1 atom stereocenters. The van der Waals surface area contributed by atoms with Crippen molar-refractivity contribution in [3.8, 4) is 0 Å². The number of aliphatic hydroxyl groups is 1. The summed E-state index contributed by atoms with van der Waals surface area (Å²) < 4.78 is 5.73. The van der Waals surface area contributed by atoms with Gasteiger partial charge in [0.15, 0.2) is 0 Å². The number of aliphatic hydroxyl groups excluding tert-OH is 1. The van der Waals surface area contributed by atoms with Crippen molar-refractivity contribution < 1.29 is 9.84 Å². The molecule has 3 nitrogen and oxygen atoms in total. The van der Waals surface area contributed by atoms with Crippen LogP contribution in [0.4, 0.5) is 0 Å². The van der Waals surface area contributed by atoms with Gasteiger partial charge in [0.1, 0.15) is 0 Å². The Bertz CT molecular complexity index is 372. The van der Waals surface area contributed by atoms with Gasteiger partial charge in [-0.3, -0.25) is 0 Å². The standard InChI is InChI=1S/C16H27NO2S/c1-16(2,15-8-5-9-20-15)12-17-10-13(18)11-19-14-6-3-4-7-14/h5,8-9,13-14,17-18H,3-4,6-7,10-12H2,1-2H3. The van der Waals surface area contributed by atoms with Crippen molar-refractivity contribution >= 4 is 11.3 Å². The fourth-order valence-electron chi connectivity index (χ4n) is 2.66. The summed E-state index contributed by atoms with van der Waals surface area (Å²) in [6, 6.07) is 4.26. The van der Waals surface area contributed by atoms with Gasteiger partial charge in [0.25, 0.3) is 0 Å². The van der Waals surface area contributed by atoms with Crippen LogP contribution in [0.3, 0.4) is 0 Å². The first-order valence-electron chi connectivity index (χ1n) is 7.62. The van der Waals surface area contributed by atoms with Gasteiger partial charge in [-0.25, -0.2) is 0 Å². The molecule has 1 unspecified atom stereocenters. The maximum Gasteiger partial charge on any atom is 0.0897 e. The van der Waals surface area contributed by atoms with Gasteiger partial charge < -0.3 is 15.2 Å². The highest BCUT2D eigenvalue weighted by Gasteiger charge is 2.22. The zero-order valence-electron chi connectivity index (χ0n) is 12.6. The molecule has 0 amide bonds. The fourth-order valence-corrected chi connectivity index (χ4v) is 3.52. The highest BCUT2D eigenvalue weighted by molar-refractivity contribution is 7.10. The molecule has 2 N–H and O–H groups in total. The van der Waals surface area contributed by atoms with E-state index in [1.165, 1.54) is 17.7 Å². The molecule has 4 heteroatoms. The van der Waals surface area contributed by atoms with Crippen LogP contribution < -0.4 is 5.32 Å². The van der Waals surface area contributed by atoms with E-state index in [9.17, 15) is 5.11 Å². The number of rotatable bonds is 8. The largest absolute Gasteiger partial charge is 0.389 e.